The van der Waals surface area contributed by atoms with E-state index in [9.17, 15) is 9.59 Å². The Morgan fingerprint density at radius 1 is 1.28 bits per heavy atom. The van der Waals surface area contributed by atoms with E-state index < -0.39 is 5.97 Å². The number of carboxylic acid groups (broad SMARTS) is 1. The maximum Gasteiger partial charge on any atom is 0.303 e. The van der Waals surface area contributed by atoms with Crippen LogP contribution in [0.3, 0.4) is 0 Å². The summed E-state index contributed by atoms with van der Waals surface area (Å²) in [4.78, 5) is 24.5. The zero-order chi connectivity index (χ0) is 13.7. The standard InChI is InChI=1S/C14H19NO3/c1-10(8-14(17)18)7-13(16)11-5-4-6-12(9-11)15(2)3/h4-6,9-10H,7-8H2,1-3H3,(H,17,18). The molecule has 0 aliphatic carbocycles. The molecule has 0 saturated carbocycles. The fourth-order valence-corrected chi connectivity index (χ4v) is 1.76. The van der Waals surface area contributed by atoms with Gasteiger partial charge in [-0.05, 0) is 18.1 Å². The number of carboxylic acids is 1. The molecule has 0 fully saturated rings. The summed E-state index contributed by atoms with van der Waals surface area (Å²) in [5.74, 6) is -1.01. The fraction of sp³-hybridized carbons (Fsp3) is 0.429. The van der Waals surface area contributed by atoms with Gasteiger partial charge in [-0.3, -0.25) is 9.59 Å². The van der Waals surface area contributed by atoms with Crippen molar-refractivity contribution in [1.82, 2.24) is 0 Å². The Morgan fingerprint density at radius 2 is 1.94 bits per heavy atom. The Labute approximate surface area is 107 Å². The number of rotatable bonds is 6. The van der Waals surface area contributed by atoms with Crippen LogP contribution in [0.15, 0.2) is 24.3 Å². The molecule has 1 atom stereocenters. The highest BCUT2D eigenvalue weighted by Crippen LogP contribution is 2.17. The highest BCUT2D eigenvalue weighted by Gasteiger charge is 2.14. The number of nitrogens with zero attached hydrogens (tertiary/aromatic N) is 1. The van der Waals surface area contributed by atoms with E-state index in [-0.39, 0.29) is 24.5 Å². The molecular weight excluding hydrogens is 230 g/mol. The minimum absolute atomic E-state index is 0.00699. The van der Waals surface area contributed by atoms with Gasteiger partial charge in [0.05, 0.1) is 0 Å². The van der Waals surface area contributed by atoms with Crippen LogP contribution in [0, 0.1) is 5.92 Å². The lowest BCUT2D eigenvalue weighted by molar-refractivity contribution is -0.137. The lowest BCUT2D eigenvalue weighted by Gasteiger charge is -2.14. The van der Waals surface area contributed by atoms with E-state index in [0.29, 0.717) is 5.56 Å². The van der Waals surface area contributed by atoms with Gasteiger partial charge in [0.1, 0.15) is 0 Å². The van der Waals surface area contributed by atoms with Crippen LogP contribution in [0.2, 0.25) is 0 Å². The molecule has 1 rings (SSSR count). The summed E-state index contributed by atoms with van der Waals surface area (Å²) in [6, 6.07) is 7.36. The van der Waals surface area contributed by atoms with Crippen LogP contribution in [-0.4, -0.2) is 31.0 Å². The molecule has 0 heterocycles. The third kappa shape index (κ3) is 4.20. The molecule has 1 N–H and O–H groups in total. The molecule has 0 saturated heterocycles. The van der Waals surface area contributed by atoms with Crippen LogP contribution < -0.4 is 4.90 Å². The Balaban J connectivity index is 2.72. The first-order valence-electron chi connectivity index (χ1n) is 5.92. The number of hydrogen-bond acceptors (Lipinski definition) is 3. The fourth-order valence-electron chi connectivity index (χ4n) is 1.76. The van der Waals surface area contributed by atoms with Crippen molar-refractivity contribution in [3.63, 3.8) is 0 Å². The highest BCUT2D eigenvalue weighted by atomic mass is 16.4. The Hall–Kier alpha value is -1.84. The van der Waals surface area contributed by atoms with E-state index in [0.717, 1.165) is 5.69 Å². The van der Waals surface area contributed by atoms with E-state index in [4.69, 9.17) is 5.11 Å². The topological polar surface area (TPSA) is 57.6 Å². The summed E-state index contributed by atoms with van der Waals surface area (Å²) in [5, 5.41) is 8.67. The molecular formula is C14H19NO3. The van der Waals surface area contributed by atoms with Crippen LogP contribution in [0.25, 0.3) is 0 Å². The van der Waals surface area contributed by atoms with Gasteiger partial charge in [0, 0.05) is 38.2 Å². The minimum Gasteiger partial charge on any atom is -0.481 e. The van der Waals surface area contributed by atoms with E-state index in [2.05, 4.69) is 0 Å². The number of ketones is 1. The summed E-state index contributed by atoms with van der Waals surface area (Å²) < 4.78 is 0. The summed E-state index contributed by atoms with van der Waals surface area (Å²) in [5.41, 5.74) is 1.60. The van der Waals surface area contributed by atoms with Crippen molar-refractivity contribution in [3.05, 3.63) is 29.8 Å². The predicted octanol–water partition coefficient (Wildman–Crippen LogP) is 2.44. The van der Waals surface area contributed by atoms with Crippen molar-refractivity contribution in [3.8, 4) is 0 Å². The van der Waals surface area contributed by atoms with E-state index in [1.807, 2.05) is 37.2 Å². The average molecular weight is 249 g/mol. The van der Waals surface area contributed by atoms with Crippen LogP contribution in [-0.2, 0) is 4.79 Å². The Bertz CT molecular complexity index is 440. The molecule has 0 aliphatic rings. The van der Waals surface area contributed by atoms with Crippen molar-refractivity contribution in [2.75, 3.05) is 19.0 Å². The van der Waals surface area contributed by atoms with Crippen LogP contribution in [0.1, 0.15) is 30.1 Å². The van der Waals surface area contributed by atoms with Gasteiger partial charge < -0.3 is 10.0 Å². The molecule has 0 bridgehead atoms. The second kappa shape index (κ2) is 6.19. The molecule has 4 heteroatoms. The summed E-state index contributed by atoms with van der Waals surface area (Å²) in [7, 11) is 3.83. The maximum atomic E-state index is 12.0. The first-order valence-corrected chi connectivity index (χ1v) is 5.92. The molecule has 0 spiro atoms. The molecule has 4 nitrogen and oxygen atoms in total. The number of carbonyl (C=O) groups excluding carboxylic acids is 1. The van der Waals surface area contributed by atoms with E-state index in [1.54, 1.807) is 13.0 Å². The molecule has 0 aliphatic heterocycles. The van der Waals surface area contributed by atoms with Gasteiger partial charge in [-0.15, -0.1) is 0 Å². The first kappa shape index (κ1) is 14.2. The molecule has 0 amide bonds. The largest absolute Gasteiger partial charge is 0.481 e. The number of carbonyl (C=O) groups is 2. The van der Waals surface area contributed by atoms with Crippen molar-refractivity contribution in [2.45, 2.75) is 19.8 Å². The summed E-state index contributed by atoms with van der Waals surface area (Å²) >= 11 is 0. The summed E-state index contributed by atoms with van der Waals surface area (Å²) in [6.07, 6.45) is 0.294. The van der Waals surface area contributed by atoms with E-state index in [1.165, 1.54) is 0 Å². The van der Waals surface area contributed by atoms with Gasteiger partial charge in [0.15, 0.2) is 5.78 Å². The number of Topliss-reactive ketones (excluding diaryl/α,β-unsaturated/α-hetero) is 1. The highest BCUT2D eigenvalue weighted by molar-refractivity contribution is 5.97. The monoisotopic (exact) mass is 249 g/mol. The summed E-state index contributed by atoms with van der Waals surface area (Å²) in [6.45, 7) is 1.78. The van der Waals surface area contributed by atoms with E-state index >= 15 is 0 Å². The normalized spacial score (nSPS) is 11.9. The van der Waals surface area contributed by atoms with Crippen LogP contribution >= 0.6 is 0 Å². The second-order valence-electron chi connectivity index (χ2n) is 4.78. The molecule has 18 heavy (non-hydrogen) atoms. The predicted molar refractivity (Wildman–Crippen MR) is 71.1 cm³/mol. The van der Waals surface area contributed by atoms with Crippen LogP contribution in [0.5, 0.6) is 0 Å². The molecule has 98 valence electrons. The van der Waals surface area contributed by atoms with Crippen molar-refractivity contribution < 1.29 is 14.7 Å². The molecule has 1 aromatic rings. The third-order valence-electron chi connectivity index (χ3n) is 2.74. The zero-order valence-electron chi connectivity index (χ0n) is 11.0. The first-order chi connectivity index (χ1) is 8.40. The average Bonchev–Trinajstić information content (AvgIpc) is 2.27. The SMILES string of the molecule is CC(CC(=O)O)CC(=O)c1cccc(N(C)C)c1. The van der Waals surface area contributed by atoms with Gasteiger partial charge >= 0.3 is 5.97 Å². The number of aliphatic carboxylic acids is 1. The molecule has 1 unspecified atom stereocenters. The molecule has 1 aromatic carbocycles. The Kier molecular flexibility index (Phi) is 4.89. The number of benzene rings is 1. The van der Waals surface area contributed by atoms with Gasteiger partial charge in [0.25, 0.3) is 0 Å². The van der Waals surface area contributed by atoms with Crippen molar-refractivity contribution >= 4 is 17.4 Å². The third-order valence-corrected chi connectivity index (χ3v) is 2.74. The van der Waals surface area contributed by atoms with Crippen molar-refractivity contribution in [2.24, 2.45) is 5.92 Å². The second-order valence-corrected chi connectivity index (χ2v) is 4.78. The lowest BCUT2D eigenvalue weighted by Crippen LogP contribution is -2.12. The van der Waals surface area contributed by atoms with Crippen LogP contribution in [0.4, 0.5) is 5.69 Å². The molecule has 0 radical (unpaired) electrons. The maximum absolute atomic E-state index is 12.0. The van der Waals surface area contributed by atoms with Crippen molar-refractivity contribution in [1.29, 1.82) is 0 Å². The lowest BCUT2D eigenvalue weighted by atomic mass is 9.97. The van der Waals surface area contributed by atoms with Gasteiger partial charge in [-0.1, -0.05) is 19.1 Å². The number of hydrogen-bond donors (Lipinski definition) is 1. The molecule has 0 aromatic heterocycles. The zero-order valence-corrected chi connectivity index (χ0v) is 11.0. The van der Waals surface area contributed by atoms with Gasteiger partial charge in [-0.25, -0.2) is 0 Å². The van der Waals surface area contributed by atoms with Gasteiger partial charge in [-0.2, -0.15) is 0 Å². The number of anilines is 1. The quantitative estimate of drug-likeness (QED) is 0.787. The van der Waals surface area contributed by atoms with Gasteiger partial charge in [0.2, 0.25) is 0 Å². The smallest absolute Gasteiger partial charge is 0.303 e. The minimum atomic E-state index is -0.864. The Morgan fingerprint density at radius 3 is 2.50 bits per heavy atom.